The molecule has 0 heterocycles. The van der Waals surface area contributed by atoms with Gasteiger partial charge >= 0.3 is 0 Å². The van der Waals surface area contributed by atoms with E-state index in [1.165, 1.54) is 0 Å². The van der Waals surface area contributed by atoms with E-state index in [1.807, 2.05) is 0 Å². The van der Waals surface area contributed by atoms with E-state index in [0.717, 1.165) is 19.3 Å². The molecule has 0 saturated heterocycles. The van der Waals surface area contributed by atoms with Crippen molar-refractivity contribution < 1.29 is 9.90 Å². The van der Waals surface area contributed by atoms with Crippen LogP contribution < -0.4 is 0 Å². The highest BCUT2D eigenvalue weighted by Crippen LogP contribution is 2.53. The third kappa shape index (κ3) is 2.54. The molecule has 1 aliphatic rings. The third-order valence-electron chi connectivity index (χ3n) is 4.16. The van der Waals surface area contributed by atoms with Gasteiger partial charge in [0.05, 0.1) is 5.60 Å². The molecule has 1 unspecified atom stereocenters. The van der Waals surface area contributed by atoms with Gasteiger partial charge in [-0.1, -0.05) is 33.3 Å². The Morgan fingerprint density at radius 1 is 1.25 bits per heavy atom. The van der Waals surface area contributed by atoms with Crippen LogP contribution >= 0.6 is 0 Å². The standard InChI is InChI=1S/C14H24O2/c1-12(2)8-6-9-14(12,5)11(15)7-10-13(3,4)16/h7,10,16H,6,8-9H2,1-5H3/b10-7+. The number of carbonyl (C=O) groups is 1. The maximum absolute atomic E-state index is 12.2. The fourth-order valence-electron chi connectivity index (χ4n) is 2.42. The Morgan fingerprint density at radius 2 is 1.81 bits per heavy atom. The van der Waals surface area contributed by atoms with Crippen LogP contribution in [0.1, 0.15) is 53.9 Å². The van der Waals surface area contributed by atoms with E-state index in [1.54, 1.807) is 26.0 Å². The smallest absolute Gasteiger partial charge is 0.161 e. The van der Waals surface area contributed by atoms with E-state index in [9.17, 15) is 9.90 Å². The summed E-state index contributed by atoms with van der Waals surface area (Å²) in [5.74, 6) is 0.150. The minimum absolute atomic E-state index is 0.0635. The summed E-state index contributed by atoms with van der Waals surface area (Å²) in [6.07, 6.45) is 6.33. The minimum atomic E-state index is -0.908. The summed E-state index contributed by atoms with van der Waals surface area (Å²) in [7, 11) is 0. The van der Waals surface area contributed by atoms with E-state index in [2.05, 4.69) is 20.8 Å². The molecule has 92 valence electrons. The Labute approximate surface area is 98.7 Å². The highest BCUT2D eigenvalue weighted by molar-refractivity contribution is 5.95. The number of allylic oxidation sites excluding steroid dienone is 1. The molecule has 1 fully saturated rings. The van der Waals surface area contributed by atoms with Crippen molar-refractivity contribution in [2.24, 2.45) is 10.8 Å². The largest absolute Gasteiger partial charge is 0.386 e. The first kappa shape index (κ1) is 13.4. The number of hydrogen-bond acceptors (Lipinski definition) is 2. The summed E-state index contributed by atoms with van der Waals surface area (Å²) in [5, 5.41) is 9.58. The van der Waals surface area contributed by atoms with Gasteiger partial charge in [0.25, 0.3) is 0 Å². The van der Waals surface area contributed by atoms with Gasteiger partial charge in [-0.25, -0.2) is 0 Å². The maximum atomic E-state index is 12.2. The second-order valence-electron chi connectivity index (χ2n) is 6.42. The van der Waals surface area contributed by atoms with Gasteiger partial charge in [-0.2, -0.15) is 0 Å². The van der Waals surface area contributed by atoms with Crippen LogP contribution in [0.5, 0.6) is 0 Å². The molecule has 2 heteroatoms. The van der Waals surface area contributed by atoms with E-state index < -0.39 is 5.60 Å². The Kier molecular flexibility index (Phi) is 3.35. The van der Waals surface area contributed by atoms with Gasteiger partial charge in [0.2, 0.25) is 0 Å². The lowest BCUT2D eigenvalue weighted by molar-refractivity contribution is -0.127. The van der Waals surface area contributed by atoms with Gasteiger partial charge in [-0.05, 0) is 38.2 Å². The molecular formula is C14H24O2. The number of aliphatic hydroxyl groups is 1. The summed E-state index contributed by atoms with van der Waals surface area (Å²) in [5.41, 5.74) is -1.11. The van der Waals surface area contributed by atoms with E-state index in [0.29, 0.717) is 0 Å². The van der Waals surface area contributed by atoms with Crippen molar-refractivity contribution in [1.29, 1.82) is 0 Å². The SMILES string of the molecule is CC(C)(O)/C=C/C(=O)C1(C)CCCC1(C)C. The molecule has 0 aromatic rings. The van der Waals surface area contributed by atoms with Crippen LogP contribution in [0.4, 0.5) is 0 Å². The Morgan fingerprint density at radius 3 is 2.19 bits per heavy atom. The molecule has 1 atom stereocenters. The van der Waals surface area contributed by atoms with Crippen LogP contribution in [0.3, 0.4) is 0 Å². The number of rotatable bonds is 3. The zero-order valence-corrected chi connectivity index (χ0v) is 11.1. The molecule has 1 saturated carbocycles. The van der Waals surface area contributed by atoms with Gasteiger partial charge in [0.15, 0.2) is 5.78 Å². The lowest BCUT2D eigenvalue weighted by atomic mass is 9.66. The maximum Gasteiger partial charge on any atom is 0.161 e. The van der Waals surface area contributed by atoms with Crippen LogP contribution in [-0.2, 0) is 4.79 Å². The molecule has 0 aromatic heterocycles. The zero-order valence-electron chi connectivity index (χ0n) is 11.1. The Balaban J connectivity index is 2.86. The van der Waals surface area contributed by atoms with Crippen molar-refractivity contribution in [3.8, 4) is 0 Å². The summed E-state index contributed by atoms with van der Waals surface area (Å²) in [6.45, 7) is 9.74. The van der Waals surface area contributed by atoms with Crippen LogP contribution in [0.2, 0.25) is 0 Å². The fourth-order valence-corrected chi connectivity index (χ4v) is 2.42. The van der Waals surface area contributed by atoms with Gasteiger partial charge in [0.1, 0.15) is 0 Å². The Hall–Kier alpha value is -0.630. The lowest BCUT2D eigenvalue weighted by Crippen LogP contribution is -2.37. The van der Waals surface area contributed by atoms with Gasteiger partial charge in [0, 0.05) is 5.41 Å². The summed E-state index contributed by atoms with van der Waals surface area (Å²) >= 11 is 0. The second kappa shape index (κ2) is 3.99. The molecule has 0 aliphatic heterocycles. The molecule has 1 aliphatic carbocycles. The second-order valence-corrected chi connectivity index (χ2v) is 6.42. The molecule has 0 radical (unpaired) electrons. The molecule has 1 N–H and O–H groups in total. The van der Waals surface area contributed by atoms with E-state index in [4.69, 9.17) is 0 Å². The fraction of sp³-hybridized carbons (Fsp3) is 0.786. The molecule has 16 heavy (non-hydrogen) atoms. The molecule has 2 nitrogen and oxygen atoms in total. The van der Waals surface area contributed by atoms with Gasteiger partial charge in [-0.3, -0.25) is 4.79 Å². The molecule has 0 aromatic carbocycles. The number of hydrogen-bond donors (Lipinski definition) is 1. The van der Waals surface area contributed by atoms with Crippen molar-refractivity contribution in [3.05, 3.63) is 12.2 Å². The summed E-state index contributed by atoms with van der Waals surface area (Å²) < 4.78 is 0. The average Bonchev–Trinajstić information content (AvgIpc) is 2.37. The molecule has 0 spiro atoms. The van der Waals surface area contributed by atoms with Crippen LogP contribution in [0.15, 0.2) is 12.2 Å². The van der Waals surface area contributed by atoms with Crippen molar-refractivity contribution >= 4 is 5.78 Å². The highest BCUT2D eigenvalue weighted by Gasteiger charge is 2.49. The molecular weight excluding hydrogens is 200 g/mol. The third-order valence-corrected chi connectivity index (χ3v) is 4.16. The monoisotopic (exact) mass is 224 g/mol. The zero-order chi connectivity index (χ0) is 12.6. The normalized spacial score (nSPS) is 29.9. The van der Waals surface area contributed by atoms with Crippen molar-refractivity contribution in [2.75, 3.05) is 0 Å². The van der Waals surface area contributed by atoms with E-state index >= 15 is 0 Å². The van der Waals surface area contributed by atoms with Crippen LogP contribution in [0, 0.1) is 10.8 Å². The topological polar surface area (TPSA) is 37.3 Å². The van der Waals surface area contributed by atoms with E-state index in [-0.39, 0.29) is 16.6 Å². The van der Waals surface area contributed by atoms with Gasteiger partial charge in [-0.15, -0.1) is 0 Å². The molecule has 1 rings (SSSR count). The van der Waals surface area contributed by atoms with Crippen molar-refractivity contribution in [2.45, 2.75) is 59.5 Å². The van der Waals surface area contributed by atoms with Crippen molar-refractivity contribution in [1.82, 2.24) is 0 Å². The highest BCUT2D eigenvalue weighted by atomic mass is 16.3. The first-order valence-electron chi connectivity index (χ1n) is 6.05. The van der Waals surface area contributed by atoms with Crippen LogP contribution in [-0.4, -0.2) is 16.5 Å². The average molecular weight is 224 g/mol. The molecule has 0 bridgehead atoms. The quantitative estimate of drug-likeness (QED) is 0.748. The Bertz CT molecular complexity index is 307. The summed E-state index contributed by atoms with van der Waals surface area (Å²) in [4.78, 5) is 12.2. The molecule has 0 amide bonds. The van der Waals surface area contributed by atoms with Crippen molar-refractivity contribution in [3.63, 3.8) is 0 Å². The summed E-state index contributed by atoms with van der Waals surface area (Å²) in [6, 6.07) is 0. The minimum Gasteiger partial charge on any atom is -0.386 e. The first-order chi connectivity index (χ1) is 7.08. The van der Waals surface area contributed by atoms with Crippen LogP contribution in [0.25, 0.3) is 0 Å². The predicted octanol–water partition coefficient (Wildman–Crippen LogP) is 3.10. The number of carbonyl (C=O) groups excluding carboxylic acids is 1. The number of ketones is 1. The first-order valence-corrected chi connectivity index (χ1v) is 6.05. The lowest BCUT2D eigenvalue weighted by Gasteiger charge is -2.36. The predicted molar refractivity (Wildman–Crippen MR) is 66.2 cm³/mol. The van der Waals surface area contributed by atoms with Gasteiger partial charge < -0.3 is 5.11 Å².